The molecule has 0 atom stereocenters. The van der Waals surface area contributed by atoms with Crippen LogP contribution in [0.5, 0.6) is 11.5 Å². The maximum absolute atomic E-state index is 11.6. The van der Waals surface area contributed by atoms with E-state index in [4.69, 9.17) is 0 Å². The van der Waals surface area contributed by atoms with Gasteiger partial charge in [0.25, 0.3) is 5.43 Å². The highest BCUT2D eigenvalue weighted by Gasteiger charge is 2.11. The van der Waals surface area contributed by atoms with Crippen LogP contribution >= 0.6 is 0 Å². The molecule has 0 aliphatic heterocycles. The molecule has 0 saturated heterocycles. The molecule has 5 nitrogen and oxygen atoms in total. The van der Waals surface area contributed by atoms with Gasteiger partial charge in [-0.2, -0.15) is 0 Å². The van der Waals surface area contributed by atoms with Crippen LogP contribution in [0.3, 0.4) is 0 Å². The molecule has 108 valence electrons. The van der Waals surface area contributed by atoms with E-state index in [0.717, 1.165) is 0 Å². The molecule has 0 aliphatic rings. The Balaban J connectivity index is 2.74. The SMILES string of the molecule is CC(=O)Nc1ccccc1-c1cc(O)c(=O)c(O)cc1C. The van der Waals surface area contributed by atoms with E-state index < -0.39 is 16.9 Å². The molecule has 0 saturated carbocycles. The van der Waals surface area contributed by atoms with Gasteiger partial charge >= 0.3 is 0 Å². The number of amides is 1. The van der Waals surface area contributed by atoms with Crippen LogP contribution in [0.15, 0.2) is 41.2 Å². The average molecular weight is 285 g/mol. The summed E-state index contributed by atoms with van der Waals surface area (Å²) in [6.45, 7) is 3.10. The van der Waals surface area contributed by atoms with Crippen LogP contribution in [-0.2, 0) is 4.79 Å². The standard InChI is InChI=1S/C16H15NO4/c1-9-7-14(19)16(21)15(20)8-12(9)11-5-3-4-6-13(11)17-10(2)18/h3-8H,1-2H3,(H,17,18)(H2,19,20,21). The van der Waals surface area contributed by atoms with Crippen molar-refractivity contribution >= 4 is 11.6 Å². The first kappa shape index (κ1) is 14.6. The second kappa shape index (κ2) is 5.66. The lowest BCUT2D eigenvalue weighted by molar-refractivity contribution is -0.114. The van der Waals surface area contributed by atoms with Gasteiger partial charge in [-0.15, -0.1) is 0 Å². The third-order valence-electron chi connectivity index (χ3n) is 3.05. The van der Waals surface area contributed by atoms with Gasteiger partial charge in [0.05, 0.1) is 0 Å². The molecular weight excluding hydrogens is 270 g/mol. The largest absolute Gasteiger partial charge is 0.504 e. The number of aromatic hydroxyl groups is 2. The second-order valence-electron chi connectivity index (χ2n) is 4.71. The predicted octanol–water partition coefficient (Wildman–Crippen LogP) is 2.39. The molecule has 0 spiro atoms. The molecular formula is C16H15NO4. The second-order valence-corrected chi connectivity index (χ2v) is 4.71. The van der Waals surface area contributed by atoms with E-state index in [-0.39, 0.29) is 5.91 Å². The minimum Gasteiger partial charge on any atom is -0.504 e. The summed E-state index contributed by atoms with van der Waals surface area (Å²) in [4.78, 5) is 22.9. The van der Waals surface area contributed by atoms with Gasteiger partial charge in [0.15, 0.2) is 11.5 Å². The molecule has 0 unspecified atom stereocenters. The number of carbonyl (C=O) groups excluding carboxylic acids is 1. The Labute approximate surface area is 121 Å². The molecule has 2 aromatic rings. The van der Waals surface area contributed by atoms with E-state index in [1.54, 1.807) is 31.2 Å². The Kier molecular flexibility index (Phi) is 3.93. The van der Waals surface area contributed by atoms with Gasteiger partial charge in [-0.25, -0.2) is 0 Å². The minimum atomic E-state index is -0.832. The fraction of sp³-hybridized carbons (Fsp3) is 0.125. The zero-order valence-electron chi connectivity index (χ0n) is 11.7. The average Bonchev–Trinajstić information content (AvgIpc) is 2.51. The summed E-state index contributed by atoms with van der Waals surface area (Å²) in [5, 5.41) is 22.0. The molecule has 1 amide bonds. The Morgan fingerprint density at radius 2 is 1.67 bits per heavy atom. The highest BCUT2D eigenvalue weighted by atomic mass is 16.3. The van der Waals surface area contributed by atoms with Crippen LogP contribution in [0, 0.1) is 6.92 Å². The Hall–Kier alpha value is -2.82. The van der Waals surface area contributed by atoms with Crippen molar-refractivity contribution in [2.75, 3.05) is 5.32 Å². The number of rotatable bonds is 2. The quantitative estimate of drug-likeness (QED) is 0.790. The highest BCUT2D eigenvalue weighted by molar-refractivity contribution is 5.94. The molecule has 0 fully saturated rings. The van der Waals surface area contributed by atoms with Gasteiger partial charge in [0.1, 0.15) is 0 Å². The van der Waals surface area contributed by atoms with Crippen molar-refractivity contribution in [1.82, 2.24) is 0 Å². The molecule has 0 aliphatic carbocycles. The third kappa shape index (κ3) is 3.02. The lowest BCUT2D eigenvalue weighted by atomic mass is 10.0. The fourth-order valence-electron chi connectivity index (χ4n) is 2.10. The molecule has 2 aromatic carbocycles. The molecule has 0 aromatic heterocycles. The zero-order chi connectivity index (χ0) is 15.6. The summed E-state index contributed by atoms with van der Waals surface area (Å²) >= 11 is 0. The number of nitrogens with one attached hydrogen (secondary N) is 1. The molecule has 5 heteroatoms. The number of anilines is 1. The number of hydrogen-bond donors (Lipinski definition) is 3. The third-order valence-corrected chi connectivity index (χ3v) is 3.05. The fourth-order valence-corrected chi connectivity index (χ4v) is 2.10. The molecule has 3 N–H and O–H groups in total. The molecule has 2 rings (SSSR count). The summed E-state index contributed by atoms with van der Waals surface area (Å²) in [7, 11) is 0. The summed E-state index contributed by atoms with van der Waals surface area (Å²) in [6, 6.07) is 9.61. The Morgan fingerprint density at radius 3 is 2.33 bits per heavy atom. The van der Waals surface area contributed by atoms with E-state index in [1.165, 1.54) is 19.1 Å². The Morgan fingerprint density at radius 1 is 1.05 bits per heavy atom. The molecule has 0 radical (unpaired) electrons. The van der Waals surface area contributed by atoms with Crippen molar-refractivity contribution in [1.29, 1.82) is 0 Å². The first-order valence-electron chi connectivity index (χ1n) is 6.34. The summed E-state index contributed by atoms with van der Waals surface area (Å²) in [5.41, 5.74) is 1.53. The van der Waals surface area contributed by atoms with Crippen LogP contribution < -0.4 is 10.7 Å². The maximum Gasteiger partial charge on any atom is 0.261 e. The summed E-state index contributed by atoms with van der Waals surface area (Å²) in [5.74, 6) is -1.29. The molecule has 21 heavy (non-hydrogen) atoms. The minimum absolute atomic E-state index is 0.225. The van der Waals surface area contributed by atoms with Crippen molar-refractivity contribution in [2.45, 2.75) is 13.8 Å². The normalized spacial score (nSPS) is 10.2. The topological polar surface area (TPSA) is 86.6 Å². The van der Waals surface area contributed by atoms with E-state index in [9.17, 15) is 19.8 Å². The van der Waals surface area contributed by atoms with Crippen molar-refractivity contribution in [2.24, 2.45) is 0 Å². The van der Waals surface area contributed by atoms with Gasteiger partial charge in [-0.1, -0.05) is 18.2 Å². The van der Waals surface area contributed by atoms with Crippen molar-refractivity contribution in [3.8, 4) is 22.6 Å². The van der Waals surface area contributed by atoms with Crippen LogP contribution in [0.2, 0.25) is 0 Å². The van der Waals surface area contributed by atoms with Crippen LogP contribution in [0.1, 0.15) is 12.5 Å². The van der Waals surface area contributed by atoms with Crippen molar-refractivity contribution in [3.63, 3.8) is 0 Å². The van der Waals surface area contributed by atoms with Gasteiger partial charge in [0, 0.05) is 18.2 Å². The van der Waals surface area contributed by atoms with Crippen molar-refractivity contribution < 1.29 is 15.0 Å². The first-order valence-corrected chi connectivity index (χ1v) is 6.34. The van der Waals surface area contributed by atoms with Crippen molar-refractivity contribution in [3.05, 3.63) is 52.2 Å². The molecule has 0 heterocycles. The lowest BCUT2D eigenvalue weighted by Gasteiger charge is -2.10. The Bertz CT molecular complexity index is 769. The molecule has 0 bridgehead atoms. The number of hydrogen-bond acceptors (Lipinski definition) is 4. The number of carbonyl (C=O) groups is 1. The van der Waals surface area contributed by atoms with Crippen LogP contribution in [-0.4, -0.2) is 16.1 Å². The first-order chi connectivity index (χ1) is 9.90. The lowest BCUT2D eigenvalue weighted by Crippen LogP contribution is -2.06. The van der Waals surface area contributed by atoms with E-state index >= 15 is 0 Å². The van der Waals surface area contributed by atoms with Gasteiger partial charge < -0.3 is 15.5 Å². The van der Waals surface area contributed by atoms with Gasteiger partial charge in [0.2, 0.25) is 5.91 Å². The van der Waals surface area contributed by atoms with E-state index in [1.807, 2.05) is 0 Å². The number of benzene rings is 1. The van der Waals surface area contributed by atoms with Gasteiger partial charge in [-0.05, 0) is 36.2 Å². The summed E-state index contributed by atoms with van der Waals surface area (Å²) < 4.78 is 0. The van der Waals surface area contributed by atoms with E-state index in [2.05, 4.69) is 5.32 Å². The van der Waals surface area contributed by atoms with Crippen LogP contribution in [0.25, 0.3) is 11.1 Å². The maximum atomic E-state index is 11.6. The predicted molar refractivity (Wildman–Crippen MR) is 80.5 cm³/mol. The van der Waals surface area contributed by atoms with Gasteiger partial charge in [-0.3, -0.25) is 9.59 Å². The van der Waals surface area contributed by atoms with Crippen LogP contribution in [0.4, 0.5) is 5.69 Å². The summed E-state index contributed by atoms with van der Waals surface area (Å²) in [6.07, 6.45) is 0. The highest BCUT2D eigenvalue weighted by Crippen LogP contribution is 2.32. The number of aryl methyl sites for hydroxylation is 1. The smallest absolute Gasteiger partial charge is 0.261 e. The van der Waals surface area contributed by atoms with E-state index in [0.29, 0.717) is 22.4 Å². The zero-order valence-corrected chi connectivity index (χ0v) is 11.7. The number of para-hydroxylation sites is 1. The monoisotopic (exact) mass is 285 g/mol.